The van der Waals surface area contributed by atoms with Gasteiger partial charge in [-0.25, -0.2) is 0 Å². The average Bonchev–Trinajstić information content (AvgIpc) is 2.92. The molecule has 22 heavy (non-hydrogen) atoms. The Bertz CT molecular complexity index is 662. The van der Waals surface area contributed by atoms with Gasteiger partial charge in [-0.1, -0.05) is 31.0 Å². The molecule has 1 aromatic heterocycles. The average molecular weight is 300 g/mol. The highest BCUT2D eigenvalue weighted by molar-refractivity contribution is 5.86. The lowest BCUT2D eigenvalue weighted by molar-refractivity contribution is -0.123. The van der Waals surface area contributed by atoms with Crippen molar-refractivity contribution in [3.05, 3.63) is 35.5 Å². The second kappa shape index (κ2) is 6.53. The highest BCUT2D eigenvalue weighted by Gasteiger charge is 2.24. The molecule has 3 rings (SSSR count). The van der Waals surface area contributed by atoms with Crippen molar-refractivity contribution in [2.24, 2.45) is 0 Å². The molecule has 1 amide bonds. The van der Waals surface area contributed by atoms with Crippen LogP contribution >= 0.6 is 0 Å². The van der Waals surface area contributed by atoms with Crippen LogP contribution < -0.4 is 5.32 Å². The van der Waals surface area contributed by atoms with Crippen molar-refractivity contribution in [2.45, 2.75) is 57.6 Å². The number of fused-ring (bicyclic) bond motifs is 1. The second-order valence-electron chi connectivity index (χ2n) is 6.34. The first kappa shape index (κ1) is 15.1. The van der Waals surface area contributed by atoms with Gasteiger partial charge in [-0.05, 0) is 37.3 Å². The standard InChI is InChI=1S/C18H24N2O2/c1-12-5-4-6-14-13(11-19-18(12)14)9-10-17(22)20-15-7-2-3-8-16(15)21/h4-6,11,15-16,19,21H,2-3,7-10H2,1H3,(H,20,22). The molecule has 1 heterocycles. The smallest absolute Gasteiger partial charge is 0.220 e. The van der Waals surface area contributed by atoms with E-state index in [0.717, 1.165) is 37.6 Å². The first-order valence-electron chi connectivity index (χ1n) is 8.18. The van der Waals surface area contributed by atoms with E-state index in [4.69, 9.17) is 0 Å². The van der Waals surface area contributed by atoms with Gasteiger partial charge < -0.3 is 15.4 Å². The normalized spacial score (nSPS) is 21.9. The Morgan fingerprint density at radius 1 is 1.36 bits per heavy atom. The molecule has 1 aromatic carbocycles. The van der Waals surface area contributed by atoms with Crippen molar-refractivity contribution in [1.82, 2.24) is 10.3 Å². The summed E-state index contributed by atoms with van der Waals surface area (Å²) in [6, 6.07) is 6.16. The monoisotopic (exact) mass is 300 g/mol. The minimum Gasteiger partial charge on any atom is -0.391 e. The third kappa shape index (κ3) is 3.17. The number of aromatic nitrogens is 1. The summed E-state index contributed by atoms with van der Waals surface area (Å²) in [5.74, 6) is 0.0351. The summed E-state index contributed by atoms with van der Waals surface area (Å²) < 4.78 is 0. The molecule has 1 aliphatic carbocycles. The van der Waals surface area contributed by atoms with Gasteiger partial charge in [-0.2, -0.15) is 0 Å². The second-order valence-corrected chi connectivity index (χ2v) is 6.34. The zero-order chi connectivity index (χ0) is 15.5. The number of nitrogens with one attached hydrogen (secondary N) is 2. The fourth-order valence-electron chi connectivity index (χ4n) is 3.38. The number of aromatic amines is 1. The van der Waals surface area contributed by atoms with Gasteiger partial charge in [0.2, 0.25) is 5.91 Å². The van der Waals surface area contributed by atoms with Crippen LogP contribution in [0.15, 0.2) is 24.4 Å². The zero-order valence-corrected chi connectivity index (χ0v) is 13.1. The number of rotatable bonds is 4. The Morgan fingerprint density at radius 3 is 3.00 bits per heavy atom. The van der Waals surface area contributed by atoms with Crippen LogP contribution in [0, 0.1) is 6.92 Å². The van der Waals surface area contributed by atoms with Crippen molar-refractivity contribution >= 4 is 16.8 Å². The molecule has 0 spiro atoms. The molecule has 1 saturated carbocycles. The van der Waals surface area contributed by atoms with Gasteiger partial charge >= 0.3 is 0 Å². The number of aliphatic hydroxyl groups excluding tert-OH is 1. The first-order valence-corrected chi connectivity index (χ1v) is 8.18. The third-order valence-corrected chi connectivity index (χ3v) is 4.71. The van der Waals surface area contributed by atoms with E-state index < -0.39 is 0 Å². The van der Waals surface area contributed by atoms with Crippen molar-refractivity contribution in [3.8, 4) is 0 Å². The predicted octanol–water partition coefficient (Wildman–Crippen LogP) is 2.83. The molecule has 3 N–H and O–H groups in total. The van der Waals surface area contributed by atoms with Crippen LogP contribution in [0.3, 0.4) is 0 Å². The molecule has 118 valence electrons. The zero-order valence-electron chi connectivity index (χ0n) is 13.1. The lowest BCUT2D eigenvalue weighted by Crippen LogP contribution is -2.45. The van der Waals surface area contributed by atoms with E-state index in [9.17, 15) is 9.90 Å². The molecule has 0 aliphatic heterocycles. The highest BCUT2D eigenvalue weighted by atomic mass is 16.3. The summed E-state index contributed by atoms with van der Waals surface area (Å²) in [6.07, 6.45) is 6.63. The summed E-state index contributed by atoms with van der Waals surface area (Å²) >= 11 is 0. The van der Waals surface area contributed by atoms with Crippen molar-refractivity contribution in [2.75, 3.05) is 0 Å². The maximum Gasteiger partial charge on any atom is 0.220 e. The summed E-state index contributed by atoms with van der Waals surface area (Å²) in [4.78, 5) is 15.4. The van der Waals surface area contributed by atoms with Crippen molar-refractivity contribution in [1.29, 1.82) is 0 Å². The molecular weight excluding hydrogens is 276 g/mol. The van der Waals surface area contributed by atoms with Crippen LogP contribution in [0.4, 0.5) is 0 Å². The van der Waals surface area contributed by atoms with Gasteiger partial charge in [0.1, 0.15) is 0 Å². The Labute approximate surface area is 130 Å². The van der Waals surface area contributed by atoms with E-state index in [2.05, 4.69) is 29.4 Å². The lowest BCUT2D eigenvalue weighted by Gasteiger charge is -2.28. The molecular formula is C18H24N2O2. The molecule has 4 nitrogen and oxygen atoms in total. The number of hydrogen-bond acceptors (Lipinski definition) is 2. The van der Waals surface area contributed by atoms with Crippen molar-refractivity contribution < 1.29 is 9.90 Å². The summed E-state index contributed by atoms with van der Waals surface area (Å²) in [7, 11) is 0. The van der Waals surface area contributed by atoms with Gasteiger partial charge in [0, 0.05) is 23.5 Å². The Hall–Kier alpha value is -1.81. The van der Waals surface area contributed by atoms with E-state index in [1.807, 2.05) is 12.3 Å². The minimum absolute atomic E-state index is 0.0351. The number of carbonyl (C=O) groups is 1. The lowest BCUT2D eigenvalue weighted by atomic mass is 9.92. The molecule has 4 heteroatoms. The summed E-state index contributed by atoms with van der Waals surface area (Å²) in [5, 5.41) is 14.1. The number of benzene rings is 1. The van der Waals surface area contributed by atoms with Crippen LogP contribution in [0.2, 0.25) is 0 Å². The third-order valence-electron chi connectivity index (χ3n) is 4.71. The predicted molar refractivity (Wildman–Crippen MR) is 87.8 cm³/mol. The fourth-order valence-corrected chi connectivity index (χ4v) is 3.38. The number of aryl methyl sites for hydroxylation is 2. The Balaban J connectivity index is 1.59. The number of H-pyrrole nitrogens is 1. The molecule has 0 radical (unpaired) electrons. The molecule has 1 aliphatic rings. The molecule has 1 fully saturated rings. The highest BCUT2D eigenvalue weighted by Crippen LogP contribution is 2.22. The topological polar surface area (TPSA) is 65.1 Å². The maximum absolute atomic E-state index is 12.1. The van der Waals surface area contributed by atoms with Crippen LogP contribution in [0.25, 0.3) is 10.9 Å². The SMILES string of the molecule is Cc1cccc2c(CCC(=O)NC3CCCCC3O)c[nH]c12. The van der Waals surface area contributed by atoms with Gasteiger partial charge in [0.05, 0.1) is 12.1 Å². The molecule has 2 atom stereocenters. The number of aliphatic hydroxyl groups is 1. The largest absolute Gasteiger partial charge is 0.391 e. The molecule has 0 saturated heterocycles. The number of carbonyl (C=O) groups excluding carboxylic acids is 1. The summed E-state index contributed by atoms with van der Waals surface area (Å²) in [6.45, 7) is 2.08. The molecule has 2 aromatic rings. The van der Waals surface area contributed by atoms with E-state index >= 15 is 0 Å². The Morgan fingerprint density at radius 2 is 2.18 bits per heavy atom. The number of hydrogen-bond donors (Lipinski definition) is 3. The van der Waals surface area contributed by atoms with E-state index in [0.29, 0.717) is 6.42 Å². The van der Waals surface area contributed by atoms with E-state index in [-0.39, 0.29) is 18.1 Å². The van der Waals surface area contributed by atoms with E-state index in [1.165, 1.54) is 16.5 Å². The summed E-state index contributed by atoms with van der Waals surface area (Å²) in [5.41, 5.74) is 3.55. The number of para-hydroxylation sites is 1. The minimum atomic E-state index is -0.381. The van der Waals surface area contributed by atoms with Gasteiger partial charge in [0.25, 0.3) is 0 Å². The molecule has 0 bridgehead atoms. The number of amides is 1. The van der Waals surface area contributed by atoms with E-state index in [1.54, 1.807) is 0 Å². The van der Waals surface area contributed by atoms with Crippen molar-refractivity contribution in [3.63, 3.8) is 0 Å². The van der Waals surface area contributed by atoms with Crippen LogP contribution in [-0.4, -0.2) is 28.1 Å². The van der Waals surface area contributed by atoms with Crippen LogP contribution in [0.5, 0.6) is 0 Å². The Kier molecular flexibility index (Phi) is 4.48. The van der Waals surface area contributed by atoms with Gasteiger partial charge in [-0.3, -0.25) is 4.79 Å². The molecule has 2 unspecified atom stereocenters. The quantitative estimate of drug-likeness (QED) is 0.813. The van der Waals surface area contributed by atoms with Gasteiger partial charge in [0.15, 0.2) is 0 Å². The maximum atomic E-state index is 12.1. The first-order chi connectivity index (χ1) is 10.6. The van der Waals surface area contributed by atoms with Gasteiger partial charge in [-0.15, -0.1) is 0 Å². The van der Waals surface area contributed by atoms with Crippen LogP contribution in [0.1, 0.15) is 43.2 Å². The fraction of sp³-hybridized carbons (Fsp3) is 0.500. The van der Waals surface area contributed by atoms with Crippen LogP contribution in [-0.2, 0) is 11.2 Å².